The highest BCUT2D eigenvalue weighted by atomic mass is 35.5. The van der Waals surface area contributed by atoms with Crippen molar-refractivity contribution in [1.82, 2.24) is 0 Å². The molecule has 0 bridgehead atoms. The molecule has 0 aromatic heterocycles. The van der Waals surface area contributed by atoms with Gasteiger partial charge in [0.2, 0.25) is 5.90 Å². The Bertz CT molecular complexity index is 488. The Morgan fingerprint density at radius 2 is 2.18 bits per heavy atom. The van der Waals surface area contributed by atoms with E-state index in [0.29, 0.717) is 0 Å². The summed E-state index contributed by atoms with van der Waals surface area (Å²) < 4.78 is 8.63. The lowest BCUT2D eigenvalue weighted by Crippen LogP contribution is -2.12. The van der Waals surface area contributed by atoms with Gasteiger partial charge in [0.1, 0.15) is 0 Å². The summed E-state index contributed by atoms with van der Waals surface area (Å²) in [6.45, 7) is 0. The van der Waals surface area contributed by atoms with Crippen molar-refractivity contribution in [3.63, 3.8) is 0 Å². The van der Waals surface area contributed by atoms with Gasteiger partial charge in [0.25, 0.3) is 5.69 Å². The van der Waals surface area contributed by atoms with Crippen molar-refractivity contribution < 1.29 is 19.2 Å². The van der Waals surface area contributed by atoms with Crippen LogP contribution in [-0.4, -0.2) is 24.1 Å². The lowest BCUT2D eigenvalue weighted by Gasteiger charge is -2.05. The standard InChI is InChI=1S/C9H7ClN2O5/c1-16-9(13)17-8(11)6-3-2-5(12(14)15)4-7(6)10/h2-4,11H,1H3. The van der Waals surface area contributed by atoms with E-state index >= 15 is 0 Å². The Balaban J connectivity index is 2.96. The van der Waals surface area contributed by atoms with Gasteiger partial charge in [-0.1, -0.05) is 11.6 Å². The molecule has 1 N–H and O–H groups in total. The number of rotatable bonds is 2. The zero-order valence-corrected chi connectivity index (χ0v) is 9.35. The number of nitrogens with zero attached hydrogens (tertiary/aromatic N) is 1. The zero-order chi connectivity index (χ0) is 13.0. The highest BCUT2D eigenvalue weighted by Gasteiger charge is 2.16. The van der Waals surface area contributed by atoms with E-state index in [2.05, 4.69) is 9.47 Å². The molecule has 0 aliphatic carbocycles. The molecule has 0 aliphatic heterocycles. The highest BCUT2D eigenvalue weighted by molar-refractivity contribution is 6.34. The van der Waals surface area contributed by atoms with E-state index in [1.54, 1.807) is 0 Å². The van der Waals surface area contributed by atoms with Crippen LogP contribution in [0.3, 0.4) is 0 Å². The molecule has 1 aromatic carbocycles. The summed E-state index contributed by atoms with van der Waals surface area (Å²) in [5, 5.41) is 17.8. The highest BCUT2D eigenvalue weighted by Crippen LogP contribution is 2.23. The minimum Gasteiger partial charge on any atom is -0.437 e. The second-order valence-electron chi connectivity index (χ2n) is 2.81. The Kier molecular flexibility index (Phi) is 4.00. The number of non-ortho nitro benzene ring substituents is 1. The quantitative estimate of drug-likeness (QED) is 0.288. The van der Waals surface area contributed by atoms with Crippen LogP contribution in [0.4, 0.5) is 10.5 Å². The van der Waals surface area contributed by atoms with E-state index in [0.717, 1.165) is 19.2 Å². The lowest BCUT2D eigenvalue weighted by atomic mass is 10.2. The molecule has 0 heterocycles. The van der Waals surface area contributed by atoms with Gasteiger partial charge in [-0.2, -0.15) is 0 Å². The van der Waals surface area contributed by atoms with Gasteiger partial charge in [0.15, 0.2) is 0 Å². The van der Waals surface area contributed by atoms with Gasteiger partial charge in [-0.25, -0.2) is 4.79 Å². The third kappa shape index (κ3) is 3.15. The second-order valence-corrected chi connectivity index (χ2v) is 3.21. The van der Waals surface area contributed by atoms with Crippen LogP contribution in [0.2, 0.25) is 5.02 Å². The molecule has 0 radical (unpaired) electrons. The molecule has 8 heteroatoms. The summed E-state index contributed by atoms with van der Waals surface area (Å²) >= 11 is 5.72. The summed E-state index contributed by atoms with van der Waals surface area (Å²) in [5.74, 6) is -0.545. The number of carbonyl (C=O) groups excluding carboxylic acids is 1. The van der Waals surface area contributed by atoms with Crippen molar-refractivity contribution >= 4 is 29.3 Å². The Hall–Kier alpha value is -2.15. The molecular formula is C9H7ClN2O5. The van der Waals surface area contributed by atoms with Crippen LogP contribution < -0.4 is 0 Å². The normalized spacial score (nSPS) is 9.53. The fourth-order valence-electron chi connectivity index (χ4n) is 0.982. The number of hydrogen-bond donors (Lipinski definition) is 1. The first-order chi connectivity index (χ1) is 7.95. The minimum absolute atomic E-state index is 0.0580. The Morgan fingerprint density at radius 1 is 1.53 bits per heavy atom. The number of hydrogen-bond acceptors (Lipinski definition) is 6. The van der Waals surface area contributed by atoms with Crippen LogP contribution in [0, 0.1) is 15.5 Å². The zero-order valence-electron chi connectivity index (χ0n) is 8.60. The summed E-state index contributed by atoms with van der Waals surface area (Å²) in [6, 6.07) is 3.42. The molecule has 0 spiro atoms. The van der Waals surface area contributed by atoms with Crippen molar-refractivity contribution in [3.8, 4) is 0 Å². The minimum atomic E-state index is -1.07. The third-order valence-corrected chi connectivity index (χ3v) is 2.07. The number of ether oxygens (including phenoxy) is 2. The van der Waals surface area contributed by atoms with Gasteiger partial charge >= 0.3 is 6.16 Å². The van der Waals surface area contributed by atoms with Crippen molar-refractivity contribution in [2.24, 2.45) is 0 Å². The molecule has 0 amide bonds. The topological polar surface area (TPSA) is 103 Å². The maximum absolute atomic E-state index is 10.7. The lowest BCUT2D eigenvalue weighted by molar-refractivity contribution is -0.384. The molecule has 1 aromatic rings. The van der Waals surface area contributed by atoms with E-state index < -0.39 is 17.0 Å². The van der Waals surface area contributed by atoms with Crippen LogP contribution in [0.15, 0.2) is 18.2 Å². The second kappa shape index (κ2) is 5.26. The van der Waals surface area contributed by atoms with Crippen molar-refractivity contribution in [1.29, 1.82) is 5.41 Å². The number of nitro benzene ring substituents is 1. The first-order valence-corrected chi connectivity index (χ1v) is 4.62. The molecule has 0 atom stereocenters. The van der Waals surface area contributed by atoms with Gasteiger partial charge in [0, 0.05) is 12.1 Å². The van der Waals surface area contributed by atoms with Crippen LogP contribution in [0.1, 0.15) is 5.56 Å². The predicted octanol–water partition coefficient (Wildman–Crippen LogP) is 2.36. The molecule has 0 aliphatic rings. The molecule has 90 valence electrons. The molecule has 1 rings (SSSR count). The van der Waals surface area contributed by atoms with Gasteiger partial charge in [0.05, 0.1) is 22.6 Å². The van der Waals surface area contributed by atoms with E-state index in [4.69, 9.17) is 17.0 Å². The molecule has 0 saturated heterocycles. The SMILES string of the molecule is COC(=O)OC(=N)c1ccc([N+](=O)[O-])cc1Cl. The van der Waals surface area contributed by atoms with Crippen molar-refractivity contribution in [3.05, 3.63) is 38.9 Å². The predicted molar refractivity (Wildman–Crippen MR) is 58.4 cm³/mol. The Labute approximate surface area is 101 Å². The van der Waals surface area contributed by atoms with E-state index in [1.807, 2.05) is 0 Å². The van der Waals surface area contributed by atoms with Gasteiger partial charge in [-0.05, 0) is 6.07 Å². The average molecular weight is 259 g/mol. The van der Waals surface area contributed by atoms with Gasteiger partial charge in [-0.15, -0.1) is 0 Å². The number of benzene rings is 1. The number of halogens is 1. The van der Waals surface area contributed by atoms with Gasteiger partial charge < -0.3 is 9.47 Å². The number of carbonyl (C=O) groups is 1. The molecule has 7 nitrogen and oxygen atoms in total. The first-order valence-electron chi connectivity index (χ1n) is 4.24. The molecule has 0 saturated carbocycles. The molecule has 0 unspecified atom stereocenters. The average Bonchev–Trinajstić information content (AvgIpc) is 2.28. The number of nitrogens with one attached hydrogen (secondary N) is 1. The van der Waals surface area contributed by atoms with Crippen LogP contribution >= 0.6 is 11.6 Å². The maximum Gasteiger partial charge on any atom is 0.514 e. The van der Waals surface area contributed by atoms with Crippen molar-refractivity contribution in [2.45, 2.75) is 0 Å². The summed E-state index contributed by atoms with van der Waals surface area (Å²) in [6.07, 6.45) is -1.07. The smallest absolute Gasteiger partial charge is 0.437 e. The fraction of sp³-hybridized carbons (Fsp3) is 0.111. The summed E-state index contributed by atoms with van der Waals surface area (Å²) in [5.41, 5.74) is -0.160. The number of nitro groups is 1. The summed E-state index contributed by atoms with van der Waals surface area (Å²) in [7, 11) is 1.09. The van der Waals surface area contributed by atoms with Crippen molar-refractivity contribution in [2.75, 3.05) is 7.11 Å². The van der Waals surface area contributed by atoms with Crippen LogP contribution in [0.25, 0.3) is 0 Å². The van der Waals surface area contributed by atoms with Crippen LogP contribution in [-0.2, 0) is 9.47 Å². The molecule has 17 heavy (non-hydrogen) atoms. The summed E-state index contributed by atoms with van der Waals surface area (Å²) in [4.78, 5) is 20.6. The van der Waals surface area contributed by atoms with Gasteiger partial charge in [-0.3, -0.25) is 15.5 Å². The largest absolute Gasteiger partial charge is 0.514 e. The van der Waals surface area contributed by atoms with E-state index in [-0.39, 0.29) is 16.3 Å². The monoisotopic (exact) mass is 258 g/mol. The number of methoxy groups -OCH3 is 1. The van der Waals surface area contributed by atoms with E-state index in [9.17, 15) is 14.9 Å². The molecular weight excluding hydrogens is 252 g/mol. The fourth-order valence-corrected chi connectivity index (χ4v) is 1.24. The van der Waals surface area contributed by atoms with E-state index in [1.165, 1.54) is 6.07 Å². The maximum atomic E-state index is 10.7. The third-order valence-electron chi connectivity index (χ3n) is 1.76. The Morgan fingerprint density at radius 3 is 2.65 bits per heavy atom. The van der Waals surface area contributed by atoms with Crippen LogP contribution in [0.5, 0.6) is 0 Å². The first kappa shape index (κ1) is 12.9. The molecule has 0 fully saturated rings.